The van der Waals surface area contributed by atoms with Crippen LogP contribution in [0, 0.1) is 0 Å². The Balaban J connectivity index is 3.19. The van der Waals surface area contributed by atoms with Crippen LogP contribution >= 0.6 is 11.6 Å². The van der Waals surface area contributed by atoms with Crippen molar-refractivity contribution in [2.24, 2.45) is 5.73 Å². The van der Waals surface area contributed by atoms with Crippen molar-refractivity contribution < 1.29 is 4.74 Å². The monoisotopic (exact) mass is 227 g/mol. The molecule has 0 heterocycles. The number of hydrogen-bond donors (Lipinski definition) is 1. The third kappa shape index (κ3) is 2.86. The first-order valence-electron chi connectivity index (χ1n) is 5.16. The molecule has 84 valence electrons. The lowest BCUT2D eigenvalue weighted by Gasteiger charge is -2.15. The average molecular weight is 228 g/mol. The summed E-state index contributed by atoms with van der Waals surface area (Å²) >= 11 is 6.15. The zero-order valence-electron chi connectivity index (χ0n) is 9.51. The predicted molar refractivity (Wildman–Crippen MR) is 64.9 cm³/mol. The molecule has 1 aromatic carbocycles. The lowest BCUT2D eigenvalue weighted by atomic mass is 9.98. The molecule has 0 aromatic heterocycles. The van der Waals surface area contributed by atoms with Crippen LogP contribution in [0.3, 0.4) is 0 Å². The van der Waals surface area contributed by atoms with E-state index in [2.05, 4.69) is 19.9 Å². The lowest BCUT2D eigenvalue weighted by molar-refractivity contribution is 0.407. The maximum atomic E-state index is 6.15. The fraction of sp³-hybridized carbons (Fsp3) is 0.500. The number of nitrogens with two attached hydrogens (primary N) is 1. The standard InChI is InChI=1S/C12H18ClNO/c1-8(2)10-6-9(4-5-14)7-11(13)12(10)15-3/h6-8H,4-5,14H2,1-3H3. The summed E-state index contributed by atoms with van der Waals surface area (Å²) < 4.78 is 5.31. The van der Waals surface area contributed by atoms with E-state index in [4.69, 9.17) is 22.1 Å². The summed E-state index contributed by atoms with van der Waals surface area (Å²) in [5.74, 6) is 1.18. The Kier molecular flexibility index (Phi) is 4.43. The van der Waals surface area contributed by atoms with Gasteiger partial charge in [-0.05, 0) is 36.1 Å². The van der Waals surface area contributed by atoms with Crippen molar-refractivity contribution in [3.63, 3.8) is 0 Å². The van der Waals surface area contributed by atoms with Gasteiger partial charge in [-0.1, -0.05) is 31.5 Å². The van der Waals surface area contributed by atoms with Crippen LogP contribution in [0.1, 0.15) is 30.9 Å². The zero-order valence-corrected chi connectivity index (χ0v) is 10.3. The van der Waals surface area contributed by atoms with E-state index in [0.717, 1.165) is 17.7 Å². The number of rotatable bonds is 4. The van der Waals surface area contributed by atoms with Crippen molar-refractivity contribution in [2.75, 3.05) is 13.7 Å². The summed E-state index contributed by atoms with van der Waals surface area (Å²) in [4.78, 5) is 0. The summed E-state index contributed by atoms with van der Waals surface area (Å²) in [6.07, 6.45) is 0.851. The van der Waals surface area contributed by atoms with E-state index in [0.29, 0.717) is 17.5 Å². The van der Waals surface area contributed by atoms with Crippen LogP contribution in [0.4, 0.5) is 0 Å². The van der Waals surface area contributed by atoms with Crippen LogP contribution in [0.2, 0.25) is 5.02 Å². The van der Waals surface area contributed by atoms with Crippen LogP contribution in [-0.2, 0) is 6.42 Å². The molecule has 3 heteroatoms. The van der Waals surface area contributed by atoms with E-state index >= 15 is 0 Å². The third-order valence-electron chi connectivity index (χ3n) is 2.39. The smallest absolute Gasteiger partial charge is 0.140 e. The average Bonchev–Trinajstić information content (AvgIpc) is 2.17. The van der Waals surface area contributed by atoms with E-state index < -0.39 is 0 Å². The molecule has 2 nitrogen and oxygen atoms in total. The second kappa shape index (κ2) is 5.38. The first-order valence-corrected chi connectivity index (χ1v) is 5.54. The number of benzene rings is 1. The molecule has 0 radical (unpaired) electrons. The normalized spacial score (nSPS) is 10.8. The van der Waals surface area contributed by atoms with Gasteiger partial charge in [-0.3, -0.25) is 0 Å². The highest BCUT2D eigenvalue weighted by Gasteiger charge is 2.12. The first kappa shape index (κ1) is 12.3. The molecule has 0 aliphatic carbocycles. The Hall–Kier alpha value is -0.730. The van der Waals surface area contributed by atoms with Crippen LogP contribution in [0.15, 0.2) is 12.1 Å². The highest BCUT2D eigenvalue weighted by atomic mass is 35.5. The van der Waals surface area contributed by atoms with Crippen molar-refractivity contribution in [1.29, 1.82) is 0 Å². The summed E-state index contributed by atoms with van der Waals surface area (Å²) in [7, 11) is 1.65. The molecule has 0 bridgehead atoms. The SMILES string of the molecule is COc1c(Cl)cc(CCN)cc1C(C)C. The molecule has 1 aromatic rings. The van der Waals surface area contributed by atoms with Gasteiger partial charge in [0, 0.05) is 0 Å². The second-order valence-corrected chi connectivity index (χ2v) is 4.30. The fourth-order valence-corrected chi connectivity index (χ4v) is 1.95. The quantitative estimate of drug-likeness (QED) is 0.859. The van der Waals surface area contributed by atoms with Gasteiger partial charge < -0.3 is 10.5 Å². The largest absolute Gasteiger partial charge is 0.495 e. The lowest BCUT2D eigenvalue weighted by Crippen LogP contribution is -2.04. The summed E-state index contributed by atoms with van der Waals surface area (Å²) in [6.45, 7) is 4.89. The van der Waals surface area contributed by atoms with Gasteiger partial charge in [0.1, 0.15) is 5.75 Å². The molecule has 2 N–H and O–H groups in total. The highest BCUT2D eigenvalue weighted by molar-refractivity contribution is 6.32. The molecule has 0 amide bonds. The van der Waals surface area contributed by atoms with Crippen molar-refractivity contribution in [1.82, 2.24) is 0 Å². The minimum absolute atomic E-state index is 0.398. The second-order valence-electron chi connectivity index (χ2n) is 3.89. The number of methoxy groups -OCH3 is 1. The van der Waals surface area contributed by atoms with Crippen LogP contribution in [0.5, 0.6) is 5.75 Å². The molecule has 1 rings (SSSR count). The molecule has 0 fully saturated rings. The van der Waals surface area contributed by atoms with Gasteiger partial charge >= 0.3 is 0 Å². The third-order valence-corrected chi connectivity index (χ3v) is 2.67. The van der Waals surface area contributed by atoms with Crippen molar-refractivity contribution in [2.45, 2.75) is 26.2 Å². The Morgan fingerprint density at radius 2 is 2.07 bits per heavy atom. The van der Waals surface area contributed by atoms with Crippen molar-refractivity contribution >= 4 is 11.6 Å². The maximum Gasteiger partial charge on any atom is 0.140 e. The van der Waals surface area contributed by atoms with E-state index in [1.54, 1.807) is 7.11 Å². The minimum Gasteiger partial charge on any atom is -0.495 e. The van der Waals surface area contributed by atoms with E-state index in [9.17, 15) is 0 Å². The minimum atomic E-state index is 0.398. The molecule has 0 spiro atoms. The van der Waals surface area contributed by atoms with Gasteiger partial charge in [0.2, 0.25) is 0 Å². The molecule has 0 unspecified atom stereocenters. The van der Waals surface area contributed by atoms with Gasteiger partial charge in [-0.25, -0.2) is 0 Å². The Morgan fingerprint density at radius 3 is 2.53 bits per heavy atom. The molecule has 15 heavy (non-hydrogen) atoms. The Labute approximate surface area is 96.4 Å². The number of ether oxygens (including phenoxy) is 1. The summed E-state index contributed by atoms with van der Waals surface area (Å²) in [5, 5.41) is 0.673. The molecule has 0 saturated heterocycles. The molecule has 0 aliphatic rings. The van der Waals surface area contributed by atoms with E-state index in [1.165, 1.54) is 5.56 Å². The van der Waals surface area contributed by atoms with Gasteiger partial charge in [-0.15, -0.1) is 0 Å². The van der Waals surface area contributed by atoms with Crippen LogP contribution in [0.25, 0.3) is 0 Å². The highest BCUT2D eigenvalue weighted by Crippen LogP contribution is 2.34. The van der Waals surface area contributed by atoms with Gasteiger partial charge in [0.05, 0.1) is 12.1 Å². The summed E-state index contributed by atoms with van der Waals surface area (Å²) in [5.41, 5.74) is 7.85. The zero-order chi connectivity index (χ0) is 11.4. The predicted octanol–water partition coefficient (Wildman–Crippen LogP) is 2.97. The first-order chi connectivity index (χ1) is 7.10. The van der Waals surface area contributed by atoms with E-state index in [-0.39, 0.29) is 0 Å². The van der Waals surface area contributed by atoms with Crippen LogP contribution < -0.4 is 10.5 Å². The Bertz CT molecular complexity index is 337. The molecule has 0 saturated carbocycles. The van der Waals surface area contributed by atoms with Crippen molar-refractivity contribution in [3.8, 4) is 5.75 Å². The molecule has 0 aliphatic heterocycles. The van der Waals surface area contributed by atoms with Crippen LogP contribution in [-0.4, -0.2) is 13.7 Å². The van der Waals surface area contributed by atoms with Gasteiger partial charge in [0.25, 0.3) is 0 Å². The molecule has 0 atom stereocenters. The van der Waals surface area contributed by atoms with E-state index in [1.807, 2.05) is 6.07 Å². The van der Waals surface area contributed by atoms with Gasteiger partial charge in [-0.2, -0.15) is 0 Å². The number of halogens is 1. The molecular weight excluding hydrogens is 210 g/mol. The van der Waals surface area contributed by atoms with Gasteiger partial charge in [0.15, 0.2) is 0 Å². The topological polar surface area (TPSA) is 35.2 Å². The van der Waals surface area contributed by atoms with Crippen molar-refractivity contribution in [3.05, 3.63) is 28.3 Å². The fourth-order valence-electron chi connectivity index (χ4n) is 1.63. The molecular formula is C12H18ClNO. The number of hydrogen-bond acceptors (Lipinski definition) is 2. The maximum absolute atomic E-state index is 6.15. The Morgan fingerprint density at radius 1 is 1.40 bits per heavy atom. The summed E-state index contributed by atoms with van der Waals surface area (Å²) in [6, 6.07) is 4.06.